The van der Waals surface area contributed by atoms with Gasteiger partial charge in [-0.15, -0.1) is 0 Å². The summed E-state index contributed by atoms with van der Waals surface area (Å²) in [7, 11) is 3.20. The second-order valence-corrected chi connectivity index (χ2v) is 6.86. The van der Waals surface area contributed by atoms with Gasteiger partial charge in [0.05, 0.1) is 25.3 Å². The van der Waals surface area contributed by atoms with Crippen molar-refractivity contribution in [3.05, 3.63) is 48.0 Å². The smallest absolute Gasteiger partial charge is 0.227 e. The molecule has 2 aromatic carbocycles. The van der Waals surface area contributed by atoms with Gasteiger partial charge < -0.3 is 18.8 Å². The van der Waals surface area contributed by atoms with Crippen LogP contribution in [0.4, 0.5) is 5.95 Å². The Morgan fingerprint density at radius 1 is 1.10 bits per heavy atom. The minimum absolute atomic E-state index is 0.0776. The lowest BCUT2D eigenvalue weighted by Crippen LogP contribution is -2.17. The molecule has 160 valence electrons. The monoisotopic (exact) mass is 411 g/mol. The topological polar surface area (TPSA) is 74.6 Å². The number of methoxy groups -OCH3 is 2. The number of amides is 1. The van der Waals surface area contributed by atoms with Gasteiger partial charge in [0.25, 0.3) is 0 Å². The van der Waals surface area contributed by atoms with Crippen LogP contribution in [0.25, 0.3) is 11.0 Å². The van der Waals surface area contributed by atoms with Crippen molar-refractivity contribution >= 4 is 22.9 Å². The molecule has 0 atom stereocenters. The molecule has 0 aliphatic rings. The van der Waals surface area contributed by atoms with E-state index in [0.717, 1.165) is 29.6 Å². The van der Waals surface area contributed by atoms with E-state index in [-0.39, 0.29) is 5.91 Å². The Kier molecular flexibility index (Phi) is 7.68. The summed E-state index contributed by atoms with van der Waals surface area (Å²) in [5, 5.41) is 2.98. The number of para-hydroxylation sites is 2. The highest BCUT2D eigenvalue weighted by Gasteiger charge is 2.13. The number of nitrogens with zero attached hydrogens (tertiary/aromatic N) is 2. The number of anilines is 1. The van der Waals surface area contributed by atoms with Crippen molar-refractivity contribution in [3.63, 3.8) is 0 Å². The average molecular weight is 412 g/mol. The first-order chi connectivity index (χ1) is 14.7. The van der Waals surface area contributed by atoms with E-state index < -0.39 is 0 Å². The number of nitrogens with one attached hydrogen (secondary N) is 1. The number of aromatic nitrogens is 2. The Balaban J connectivity index is 1.67. The molecule has 0 unspecified atom stereocenters. The number of fused-ring (bicyclic) bond motifs is 1. The molecule has 7 heteroatoms. The molecule has 0 saturated carbocycles. The molecule has 3 aromatic rings. The van der Waals surface area contributed by atoms with E-state index in [1.54, 1.807) is 14.2 Å². The van der Waals surface area contributed by atoms with Crippen LogP contribution in [0.2, 0.25) is 0 Å². The zero-order valence-electron chi connectivity index (χ0n) is 17.8. The quantitative estimate of drug-likeness (QED) is 0.482. The maximum atomic E-state index is 12.6. The van der Waals surface area contributed by atoms with Crippen molar-refractivity contribution in [1.82, 2.24) is 9.55 Å². The number of hydrogen-bond donors (Lipinski definition) is 1. The van der Waals surface area contributed by atoms with E-state index >= 15 is 0 Å². The summed E-state index contributed by atoms with van der Waals surface area (Å²) in [5.74, 6) is 1.83. The largest absolute Gasteiger partial charge is 0.493 e. The fraction of sp³-hybridized carbons (Fsp3) is 0.391. The molecule has 1 amide bonds. The van der Waals surface area contributed by atoms with Crippen molar-refractivity contribution in [3.8, 4) is 11.5 Å². The Morgan fingerprint density at radius 2 is 1.90 bits per heavy atom. The Bertz CT molecular complexity index is 984. The van der Waals surface area contributed by atoms with Crippen LogP contribution < -0.4 is 14.8 Å². The maximum absolute atomic E-state index is 12.6. The van der Waals surface area contributed by atoms with Crippen LogP contribution in [-0.2, 0) is 22.5 Å². The van der Waals surface area contributed by atoms with Crippen molar-refractivity contribution in [2.75, 3.05) is 32.8 Å². The minimum Gasteiger partial charge on any atom is -0.493 e. The average Bonchev–Trinajstić information content (AvgIpc) is 3.11. The van der Waals surface area contributed by atoms with Gasteiger partial charge in [0, 0.05) is 26.2 Å². The number of benzene rings is 2. The summed E-state index contributed by atoms with van der Waals surface area (Å²) >= 11 is 0. The number of hydrogen-bond acceptors (Lipinski definition) is 5. The van der Waals surface area contributed by atoms with E-state index in [1.165, 1.54) is 0 Å². The lowest BCUT2D eigenvalue weighted by atomic mass is 10.1. The minimum atomic E-state index is -0.0776. The van der Waals surface area contributed by atoms with Crippen LogP contribution in [0.1, 0.15) is 25.3 Å². The van der Waals surface area contributed by atoms with Gasteiger partial charge in [0.1, 0.15) is 0 Å². The second kappa shape index (κ2) is 10.6. The van der Waals surface area contributed by atoms with Gasteiger partial charge in [0.15, 0.2) is 11.5 Å². The lowest BCUT2D eigenvalue weighted by molar-refractivity contribution is -0.116. The van der Waals surface area contributed by atoms with E-state index in [0.29, 0.717) is 43.5 Å². The van der Waals surface area contributed by atoms with Gasteiger partial charge in [-0.05, 0) is 49.6 Å². The van der Waals surface area contributed by atoms with E-state index in [4.69, 9.17) is 14.2 Å². The number of imidazole rings is 1. The van der Waals surface area contributed by atoms with Crippen molar-refractivity contribution in [2.24, 2.45) is 0 Å². The number of rotatable bonds is 11. The summed E-state index contributed by atoms with van der Waals surface area (Å²) in [6, 6.07) is 13.6. The molecule has 0 bridgehead atoms. The van der Waals surface area contributed by atoms with Crippen molar-refractivity contribution < 1.29 is 19.0 Å². The fourth-order valence-corrected chi connectivity index (χ4v) is 3.35. The Hall–Kier alpha value is -3.06. The summed E-state index contributed by atoms with van der Waals surface area (Å²) in [5.41, 5.74) is 2.88. The molecule has 0 aliphatic heterocycles. The number of carbonyl (C=O) groups excluding carboxylic acids is 1. The first-order valence-electron chi connectivity index (χ1n) is 10.2. The molecular formula is C23H29N3O4. The number of ether oxygens (including phenoxy) is 3. The highest BCUT2D eigenvalue weighted by Crippen LogP contribution is 2.28. The molecule has 7 nitrogen and oxygen atoms in total. The predicted octanol–water partition coefficient (Wildman–Crippen LogP) is 4.05. The molecule has 0 spiro atoms. The maximum Gasteiger partial charge on any atom is 0.227 e. The van der Waals surface area contributed by atoms with Crippen LogP contribution in [0.3, 0.4) is 0 Å². The lowest BCUT2D eigenvalue weighted by Gasteiger charge is -2.11. The molecule has 3 rings (SSSR count). The number of aryl methyl sites for hydroxylation is 2. The molecule has 0 saturated heterocycles. The molecular weight excluding hydrogens is 382 g/mol. The third-order valence-corrected chi connectivity index (χ3v) is 4.87. The fourth-order valence-electron chi connectivity index (χ4n) is 3.35. The zero-order valence-corrected chi connectivity index (χ0v) is 17.8. The first-order valence-corrected chi connectivity index (χ1v) is 10.2. The molecule has 1 N–H and O–H groups in total. The van der Waals surface area contributed by atoms with Gasteiger partial charge in [-0.2, -0.15) is 0 Å². The standard InChI is InChI=1S/C23H29N3O4/c1-4-30-15-7-14-26-19-9-6-5-8-18(19)24-23(26)25-22(27)13-11-17-10-12-20(28-2)21(16-17)29-3/h5-6,8-10,12,16H,4,7,11,13-15H2,1-3H3,(H,24,25,27). The predicted molar refractivity (Wildman–Crippen MR) is 117 cm³/mol. The molecule has 0 aliphatic carbocycles. The molecule has 1 heterocycles. The molecule has 0 fully saturated rings. The van der Waals surface area contributed by atoms with Crippen molar-refractivity contribution in [1.29, 1.82) is 0 Å². The summed E-state index contributed by atoms with van der Waals surface area (Å²) in [6.45, 7) is 4.09. The van der Waals surface area contributed by atoms with E-state index in [9.17, 15) is 4.79 Å². The normalized spacial score (nSPS) is 10.9. The summed E-state index contributed by atoms with van der Waals surface area (Å²) in [4.78, 5) is 17.2. The van der Waals surface area contributed by atoms with Gasteiger partial charge in [-0.1, -0.05) is 18.2 Å². The van der Waals surface area contributed by atoms with Crippen molar-refractivity contribution in [2.45, 2.75) is 32.7 Å². The highest BCUT2D eigenvalue weighted by molar-refractivity contribution is 5.91. The summed E-state index contributed by atoms with van der Waals surface area (Å²) < 4.78 is 18.1. The van der Waals surface area contributed by atoms with Crippen LogP contribution >= 0.6 is 0 Å². The molecule has 30 heavy (non-hydrogen) atoms. The molecule has 0 radical (unpaired) electrons. The number of carbonyl (C=O) groups is 1. The Labute approximate surface area is 177 Å². The highest BCUT2D eigenvalue weighted by atomic mass is 16.5. The molecule has 1 aromatic heterocycles. The van der Waals surface area contributed by atoms with Crippen LogP contribution in [0.15, 0.2) is 42.5 Å². The van der Waals surface area contributed by atoms with Gasteiger partial charge in [-0.25, -0.2) is 4.98 Å². The van der Waals surface area contributed by atoms with E-state index in [1.807, 2.05) is 54.0 Å². The van der Waals surface area contributed by atoms with Gasteiger partial charge >= 0.3 is 0 Å². The Morgan fingerprint density at radius 3 is 2.67 bits per heavy atom. The van der Waals surface area contributed by atoms with Crippen LogP contribution in [-0.4, -0.2) is 42.9 Å². The summed E-state index contributed by atoms with van der Waals surface area (Å²) in [6.07, 6.45) is 1.79. The van der Waals surface area contributed by atoms with Gasteiger partial charge in [-0.3, -0.25) is 10.1 Å². The third kappa shape index (κ3) is 5.30. The van der Waals surface area contributed by atoms with Gasteiger partial charge in [0.2, 0.25) is 11.9 Å². The van der Waals surface area contributed by atoms with E-state index in [2.05, 4.69) is 10.3 Å². The zero-order chi connectivity index (χ0) is 21.3. The first kappa shape index (κ1) is 21.6. The van der Waals surface area contributed by atoms with Crippen LogP contribution in [0.5, 0.6) is 11.5 Å². The SMILES string of the molecule is CCOCCCn1c(NC(=O)CCc2ccc(OC)c(OC)c2)nc2ccccc21. The third-order valence-electron chi connectivity index (χ3n) is 4.87. The van der Waals surface area contributed by atoms with Crippen LogP contribution in [0, 0.1) is 0 Å². The second-order valence-electron chi connectivity index (χ2n) is 6.86.